The monoisotopic (exact) mass is 233 g/mol. The van der Waals surface area contributed by atoms with Crippen molar-refractivity contribution in [2.75, 3.05) is 6.54 Å². The largest absolute Gasteiger partial charge is 0.293 e. The summed E-state index contributed by atoms with van der Waals surface area (Å²) in [7, 11) is 0. The molecule has 0 saturated heterocycles. The molecule has 0 spiro atoms. The van der Waals surface area contributed by atoms with Gasteiger partial charge in [-0.25, -0.2) is 0 Å². The number of nitrogens with zero attached hydrogens (tertiary/aromatic N) is 1. The van der Waals surface area contributed by atoms with Gasteiger partial charge in [0.25, 0.3) is 0 Å². The van der Waals surface area contributed by atoms with Gasteiger partial charge in [0.15, 0.2) is 0 Å². The van der Waals surface area contributed by atoms with Crippen molar-refractivity contribution in [3.8, 4) is 0 Å². The number of aliphatic imine (C=N–C) groups is 1. The van der Waals surface area contributed by atoms with E-state index in [2.05, 4.69) is 51.9 Å². The maximum absolute atomic E-state index is 4.39. The van der Waals surface area contributed by atoms with Gasteiger partial charge < -0.3 is 0 Å². The lowest BCUT2D eigenvalue weighted by Gasteiger charge is -2.24. The van der Waals surface area contributed by atoms with Crippen LogP contribution >= 0.6 is 0 Å². The predicted molar refractivity (Wildman–Crippen MR) is 79.7 cm³/mol. The Hall–Kier alpha value is -1.11. The average Bonchev–Trinajstić information content (AvgIpc) is 2.31. The summed E-state index contributed by atoms with van der Waals surface area (Å²) < 4.78 is 0. The van der Waals surface area contributed by atoms with Crippen LogP contribution in [-0.2, 0) is 0 Å². The zero-order chi connectivity index (χ0) is 13.3. The smallest absolute Gasteiger partial charge is 0.0397 e. The minimum Gasteiger partial charge on any atom is -0.293 e. The van der Waals surface area contributed by atoms with E-state index in [9.17, 15) is 0 Å². The van der Waals surface area contributed by atoms with Crippen LogP contribution in [0.1, 0.15) is 40.5 Å². The van der Waals surface area contributed by atoms with Gasteiger partial charge in [-0.05, 0) is 23.8 Å². The van der Waals surface area contributed by atoms with Crippen molar-refractivity contribution in [1.29, 1.82) is 0 Å². The van der Waals surface area contributed by atoms with Gasteiger partial charge >= 0.3 is 0 Å². The third kappa shape index (κ3) is 6.93. The molecule has 17 heavy (non-hydrogen) atoms. The first-order chi connectivity index (χ1) is 7.94. The van der Waals surface area contributed by atoms with Crippen LogP contribution in [0.3, 0.4) is 0 Å². The maximum Gasteiger partial charge on any atom is 0.0397 e. The minimum atomic E-state index is 0.0967. The van der Waals surface area contributed by atoms with Gasteiger partial charge in [-0.1, -0.05) is 65.0 Å². The van der Waals surface area contributed by atoms with E-state index in [4.69, 9.17) is 0 Å². The molecule has 0 aromatic carbocycles. The molecule has 0 bridgehead atoms. The first-order valence-corrected chi connectivity index (χ1v) is 6.42. The van der Waals surface area contributed by atoms with E-state index >= 15 is 0 Å². The van der Waals surface area contributed by atoms with Gasteiger partial charge in [-0.2, -0.15) is 0 Å². The topological polar surface area (TPSA) is 12.4 Å². The molecule has 1 nitrogen and oxygen atoms in total. The van der Waals surface area contributed by atoms with E-state index in [-0.39, 0.29) is 5.41 Å². The highest BCUT2D eigenvalue weighted by Gasteiger charge is 2.18. The molecule has 0 aromatic heterocycles. The van der Waals surface area contributed by atoms with Crippen LogP contribution in [0.5, 0.6) is 0 Å². The quantitative estimate of drug-likeness (QED) is 0.421. The third-order valence-corrected chi connectivity index (χ3v) is 3.26. The molecule has 0 amide bonds. The molecule has 1 heteroatoms. The van der Waals surface area contributed by atoms with Gasteiger partial charge in [0.2, 0.25) is 0 Å². The Kier molecular flexibility index (Phi) is 7.53. The van der Waals surface area contributed by atoms with E-state index in [1.165, 1.54) is 6.42 Å². The molecule has 0 fully saturated rings. The molecule has 0 saturated carbocycles. The molecule has 0 radical (unpaired) electrons. The van der Waals surface area contributed by atoms with Gasteiger partial charge in [-0.15, -0.1) is 0 Å². The van der Waals surface area contributed by atoms with Crippen molar-refractivity contribution in [1.82, 2.24) is 0 Å². The number of rotatable bonds is 8. The molecule has 0 aromatic rings. The van der Waals surface area contributed by atoms with Crippen LogP contribution in [-0.4, -0.2) is 12.8 Å². The fourth-order valence-electron chi connectivity index (χ4n) is 1.29. The normalized spacial score (nSPS) is 14.4. The summed E-state index contributed by atoms with van der Waals surface area (Å²) in [5.74, 6) is 0.637. The van der Waals surface area contributed by atoms with Gasteiger partial charge in [0.1, 0.15) is 0 Å². The Morgan fingerprint density at radius 3 is 2.59 bits per heavy atom. The highest BCUT2D eigenvalue weighted by molar-refractivity contribution is 5.70. The molecule has 0 aliphatic rings. The lowest BCUT2D eigenvalue weighted by molar-refractivity contribution is 0.427. The Labute approximate surface area is 107 Å². The second-order valence-corrected chi connectivity index (χ2v) is 5.19. The molecule has 1 unspecified atom stereocenters. The molecular weight excluding hydrogens is 206 g/mol. The Morgan fingerprint density at radius 2 is 2.06 bits per heavy atom. The summed E-state index contributed by atoms with van der Waals surface area (Å²) in [5, 5.41) is 0. The van der Waals surface area contributed by atoms with E-state index in [1.54, 1.807) is 0 Å². The SMILES string of the molecule is C=CC(=C)C(C)(C)CC/N=C/C=C\C(C)CC. The summed E-state index contributed by atoms with van der Waals surface area (Å²) in [5.41, 5.74) is 1.18. The van der Waals surface area contributed by atoms with Gasteiger partial charge in [-0.3, -0.25) is 4.99 Å². The van der Waals surface area contributed by atoms with Crippen molar-refractivity contribution >= 4 is 6.21 Å². The van der Waals surface area contributed by atoms with Crippen LogP contribution in [0.2, 0.25) is 0 Å². The number of allylic oxidation sites excluding steroid dienone is 4. The molecule has 1 atom stereocenters. The van der Waals surface area contributed by atoms with Crippen LogP contribution in [0.4, 0.5) is 0 Å². The average molecular weight is 233 g/mol. The summed E-state index contributed by atoms with van der Waals surface area (Å²) in [6.45, 7) is 17.4. The van der Waals surface area contributed by atoms with Crippen LogP contribution in [0.25, 0.3) is 0 Å². The lowest BCUT2D eigenvalue weighted by Crippen LogP contribution is -2.14. The Morgan fingerprint density at radius 1 is 1.41 bits per heavy atom. The molecule has 0 N–H and O–H groups in total. The van der Waals surface area contributed by atoms with Gasteiger partial charge in [0, 0.05) is 12.8 Å². The van der Waals surface area contributed by atoms with Crippen LogP contribution in [0, 0.1) is 11.3 Å². The summed E-state index contributed by atoms with van der Waals surface area (Å²) >= 11 is 0. The van der Waals surface area contributed by atoms with Crippen molar-refractivity contribution in [2.45, 2.75) is 40.5 Å². The van der Waals surface area contributed by atoms with E-state index < -0.39 is 0 Å². The van der Waals surface area contributed by atoms with E-state index in [0.717, 1.165) is 18.5 Å². The minimum absolute atomic E-state index is 0.0967. The standard InChI is InChI=1S/C16H27N/c1-7-14(3)10-9-12-17-13-11-16(5,6)15(4)8-2/h8-10,12,14H,2,4,7,11,13H2,1,3,5-6H3/b10-9-,17-12+. The fraction of sp³-hybridized carbons (Fsp3) is 0.562. The van der Waals surface area contributed by atoms with E-state index in [0.29, 0.717) is 5.92 Å². The Balaban J connectivity index is 3.99. The highest BCUT2D eigenvalue weighted by atomic mass is 14.7. The molecule has 0 aliphatic heterocycles. The van der Waals surface area contributed by atoms with Crippen molar-refractivity contribution in [2.24, 2.45) is 16.3 Å². The second kappa shape index (κ2) is 8.05. The van der Waals surface area contributed by atoms with Crippen LogP contribution in [0.15, 0.2) is 42.0 Å². The molecule has 96 valence electrons. The zero-order valence-corrected chi connectivity index (χ0v) is 11.9. The lowest BCUT2D eigenvalue weighted by atomic mass is 9.82. The number of hydrogen-bond acceptors (Lipinski definition) is 1. The maximum atomic E-state index is 4.39. The summed E-state index contributed by atoms with van der Waals surface area (Å²) in [4.78, 5) is 4.39. The third-order valence-electron chi connectivity index (χ3n) is 3.26. The molecule has 0 rings (SSSR count). The summed E-state index contributed by atoms with van der Waals surface area (Å²) in [6, 6.07) is 0. The predicted octanol–water partition coefficient (Wildman–Crippen LogP) is 4.82. The first kappa shape index (κ1) is 15.9. The number of hydrogen-bond donors (Lipinski definition) is 0. The van der Waals surface area contributed by atoms with Crippen molar-refractivity contribution < 1.29 is 0 Å². The first-order valence-electron chi connectivity index (χ1n) is 6.42. The van der Waals surface area contributed by atoms with Crippen LogP contribution < -0.4 is 0 Å². The van der Waals surface area contributed by atoms with Crippen molar-refractivity contribution in [3.05, 3.63) is 37.0 Å². The molecule has 0 heterocycles. The summed E-state index contributed by atoms with van der Waals surface area (Å²) in [6.07, 6.45) is 10.2. The highest BCUT2D eigenvalue weighted by Crippen LogP contribution is 2.29. The van der Waals surface area contributed by atoms with Gasteiger partial charge in [0.05, 0.1) is 0 Å². The Bertz CT molecular complexity index is 295. The van der Waals surface area contributed by atoms with Crippen molar-refractivity contribution in [3.63, 3.8) is 0 Å². The fourth-order valence-corrected chi connectivity index (χ4v) is 1.29. The molecule has 0 aliphatic carbocycles. The zero-order valence-electron chi connectivity index (χ0n) is 11.9. The molecular formula is C16H27N. The second-order valence-electron chi connectivity index (χ2n) is 5.19. The van der Waals surface area contributed by atoms with E-state index in [1.807, 2.05) is 18.4 Å².